The van der Waals surface area contributed by atoms with E-state index in [2.05, 4.69) is 10.6 Å². The number of para-hydroxylation sites is 2. The molecule has 0 saturated heterocycles. The molecule has 2 atom stereocenters. The largest absolute Gasteiger partial charge is 0.503 e. The van der Waals surface area contributed by atoms with Crippen molar-refractivity contribution in [3.05, 3.63) is 88.1 Å². The van der Waals surface area contributed by atoms with Gasteiger partial charge in [-0.15, -0.1) is 0 Å². The van der Waals surface area contributed by atoms with Crippen LogP contribution in [0.2, 0.25) is 5.02 Å². The number of anilines is 2. The fraction of sp³-hybridized carbons (Fsp3) is 0.222. The lowest BCUT2D eigenvalue weighted by atomic mass is 9.78. The van der Waals surface area contributed by atoms with E-state index in [1.54, 1.807) is 19.2 Å². The number of Topliss-reactive ketones (excluding diaryl/α,β-unsaturated/α-hetero) is 1. The zero-order valence-corrected chi connectivity index (χ0v) is 19.6. The van der Waals surface area contributed by atoms with Gasteiger partial charge in [-0.05, 0) is 59.9 Å². The number of carbonyl (C=O) groups is 1. The van der Waals surface area contributed by atoms with Gasteiger partial charge in [0.15, 0.2) is 17.3 Å². The second kappa shape index (κ2) is 8.95. The Morgan fingerprint density at radius 3 is 2.38 bits per heavy atom. The molecule has 2 aliphatic rings. The number of aromatic hydroxyl groups is 1. The molecule has 0 saturated carbocycles. The molecular weight excluding hydrogens is 452 g/mol. The van der Waals surface area contributed by atoms with Gasteiger partial charge in [-0.1, -0.05) is 35.9 Å². The van der Waals surface area contributed by atoms with Gasteiger partial charge in [0, 0.05) is 17.7 Å². The number of ketones is 1. The van der Waals surface area contributed by atoms with Crippen LogP contribution in [0.1, 0.15) is 35.9 Å². The second-order valence-electron chi connectivity index (χ2n) is 8.50. The Morgan fingerprint density at radius 1 is 0.941 bits per heavy atom. The van der Waals surface area contributed by atoms with Crippen molar-refractivity contribution >= 4 is 28.8 Å². The minimum atomic E-state index is -0.456. The number of phenols is 1. The lowest BCUT2D eigenvalue weighted by Gasteiger charge is -2.30. The van der Waals surface area contributed by atoms with Gasteiger partial charge >= 0.3 is 0 Å². The summed E-state index contributed by atoms with van der Waals surface area (Å²) in [5.74, 6) is 1.03. The van der Waals surface area contributed by atoms with Gasteiger partial charge in [0.05, 0.1) is 36.7 Å². The Labute approximate surface area is 203 Å². The Kier molecular flexibility index (Phi) is 5.84. The molecule has 0 spiro atoms. The van der Waals surface area contributed by atoms with Gasteiger partial charge in [0.2, 0.25) is 0 Å². The standard InChI is InChI=1S/C27H25ClN2O4/c1-33-18-9-7-15(8-10-18)16-12-22-25(23(31)13-16)26(30-21-6-4-3-5-20(21)29-22)17-11-19(28)27(32)24(14-17)34-2/h3-11,14,16,26,29-30,32H,12-13H2,1-2H3/t16-,26-/m1/s1. The summed E-state index contributed by atoms with van der Waals surface area (Å²) < 4.78 is 10.6. The zero-order valence-electron chi connectivity index (χ0n) is 18.9. The van der Waals surface area contributed by atoms with Crippen LogP contribution in [0.4, 0.5) is 11.4 Å². The molecule has 0 aromatic heterocycles. The summed E-state index contributed by atoms with van der Waals surface area (Å²) in [6.07, 6.45) is 1.08. The fourth-order valence-corrected chi connectivity index (χ4v) is 4.99. The number of methoxy groups -OCH3 is 2. The molecule has 174 valence electrons. The summed E-state index contributed by atoms with van der Waals surface area (Å²) in [5.41, 5.74) is 5.16. The van der Waals surface area contributed by atoms with E-state index in [1.165, 1.54) is 7.11 Å². The first-order valence-corrected chi connectivity index (χ1v) is 11.5. The van der Waals surface area contributed by atoms with E-state index in [-0.39, 0.29) is 28.2 Å². The molecule has 3 aromatic rings. The van der Waals surface area contributed by atoms with Gasteiger partial charge in [-0.3, -0.25) is 4.79 Å². The Hall–Kier alpha value is -3.64. The first kappa shape index (κ1) is 22.2. The molecule has 3 N–H and O–H groups in total. The number of allylic oxidation sites excluding steroid dienone is 1. The molecule has 1 aliphatic heterocycles. The minimum absolute atomic E-state index is 0.0495. The second-order valence-corrected chi connectivity index (χ2v) is 8.90. The number of fused-ring (bicyclic) bond motifs is 1. The van der Waals surface area contributed by atoms with Crippen LogP contribution in [-0.4, -0.2) is 25.1 Å². The molecule has 5 rings (SSSR count). The molecule has 0 radical (unpaired) electrons. The van der Waals surface area contributed by atoms with Gasteiger partial charge in [0.1, 0.15) is 5.75 Å². The summed E-state index contributed by atoms with van der Waals surface area (Å²) in [6, 6.07) is 18.7. The number of benzene rings is 3. The number of carbonyl (C=O) groups excluding carboxylic acids is 1. The van der Waals surface area contributed by atoms with Crippen LogP contribution < -0.4 is 20.1 Å². The summed E-state index contributed by atoms with van der Waals surface area (Å²) in [6.45, 7) is 0. The van der Waals surface area contributed by atoms with E-state index in [1.807, 2.05) is 48.5 Å². The molecule has 1 aliphatic carbocycles. The van der Waals surface area contributed by atoms with Crippen LogP contribution >= 0.6 is 11.6 Å². The number of nitrogens with one attached hydrogen (secondary N) is 2. The number of halogens is 1. The number of phenolic OH excluding ortho intramolecular Hbond substituents is 1. The summed E-state index contributed by atoms with van der Waals surface area (Å²) in [4.78, 5) is 13.7. The van der Waals surface area contributed by atoms with Crippen LogP contribution in [0.15, 0.2) is 71.9 Å². The van der Waals surface area contributed by atoms with Crippen LogP contribution in [0.25, 0.3) is 0 Å². The summed E-state index contributed by atoms with van der Waals surface area (Å²) >= 11 is 6.31. The highest BCUT2D eigenvalue weighted by molar-refractivity contribution is 6.32. The van der Waals surface area contributed by atoms with Crippen molar-refractivity contribution in [2.24, 2.45) is 0 Å². The van der Waals surface area contributed by atoms with E-state index in [0.717, 1.165) is 33.9 Å². The van der Waals surface area contributed by atoms with Crippen LogP contribution in [-0.2, 0) is 4.79 Å². The lowest BCUT2D eigenvalue weighted by Crippen LogP contribution is -2.27. The van der Waals surface area contributed by atoms with Crippen molar-refractivity contribution in [1.82, 2.24) is 0 Å². The maximum absolute atomic E-state index is 13.7. The molecule has 0 fully saturated rings. The highest BCUT2D eigenvalue weighted by Gasteiger charge is 2.36. The predicted molar refractivity (Wildman–Crippen MR) is 133 cm³/mol. The summed E-state index contributed by atoms with van der Waals surface area (Å²) in [7, 11) is 3.11. The van der Waals surface area contributed by atoms with Crippen molar-refractivity contribution in [2.45, 2.75) is 24.8 Å². The minimum Gasteiger partial charge on any atom is -0.503 e. The van der Waals surface area contributed by atoms with Gasteiger partial charge in [-0.2, -0.15) is 0 Å². The van der Waals surface area contributed by atoms with E-state index < -0.39 is 6.04 Å². The smallest absolute Gasteiger partial charge is 0.176 e. The highest BCUT2D eigenvalue weighted by Crippen LogP contribution is 2.46. The third-order valence-electron chi connectivity index (χ3n) is 6.50. The van der Waals surface area contributed by atoms with Crippen molar-refractivity contribution in [2.75, 3.05) is 24.9 Å². The molecule has 0 amide bonds. The number of ether oxygens (including phenoxy) is 2. The van der Waals surface area contributed by atoms with Crippen molar-refractivity contribution in [3.8, 4) is 17.2 Å². The average Bonchev–Trinajstić information content (AvgIpc) is 3.02. The Balaban J connectivity index is 1.61. The third-order valence-corrected chi connectivity index (χ3v) is 6.79. The van der Waals surface area contributed by atoms with Crippen LogP contribution in [0.3, 0.4) is 0 Å². The Morgan fingerprint density at radius 2 is 1.68 bits per heavy atom. The van der Waals surface area contributed by atoms with Crippen LogP contribution in [0.5, 0.6) is 17.2 Å². The lowest BCUT2D eigenvalue weighted by molar-refractivity contribution is -0.116. The molecule has 7 heteroatoms. The molecule has 0 bridgehead atoms. The third kappa shape index (κ3) is 3.94. The first-order chi connectivity index (χ1) is 16.5. The number of hydrogen-bond donors (Lipinski definition) is 3. The molecular formula is C27H25ClN2O4. The topological polar surface area (TPSA) is 79.8 Å². The van der Waals surface area contributed by atoms with Crippen molar-refractivity contribution in [3.63, 3.8) is 0 Å². The van der Waals surface area contributed by atoms with E-state index in [4.69, 9.17) is 21.1 Å². The van der Waals surface area contributed by atoms with Crippen molar-refractivity contribution < 1.29 is 19.4 Å². The number of hydrogen-bond acceptors (Lipinski definition) is 6. The van der Waals surface area contributed by atoms with Gasteiger partial charge < -0.3 is 25.2 Å². The molecule has 6 nitrogen and oxygen atoms in total. The first-order valence-electron chi connectivity index (χ1n) is 11.1. The normalized spacial score (nSPS) is 19.3. The molecule has 34 heavy (non-hydrogen) atoms. The predicted octanol–water partition coefficient (Wildman–Crippen LogP) is 6.04. The molecule has 0 unspecified atom stereocenters. The highest BCUT2D eigenvalue weighted by atomic mass is 35.5. The monoisotopic (exact) mass is 476 g/mol. The maximum Gasteiger partial charge on any atom is 0.176 e. The molecule has 3 aromatic carbocycles. The van der Waals surface area contributed by atoms with Crippen molar-refractivity contribution in [1.29, 1.82) is 0 Å². The van der Waals surface area contributed by atoms with E-state index >= 15 is 0 Å². The maximum atomic E-state index is 13.7. The average molecular weight is 477 g/mol. The SMILES string of the molecule is COc1ccc([C@H]2CC(=O)C3=C(C2)Nc2ccccc2N[C@@H]3c2cc(Cl)c(O)c(OC)c2)cc1. The quantitative estimate of drug-likeness (QED) is 0.426. The fourth-order valence-electron chi connectivity index (χ4n) is 4.77. The van der Waals surface area contributed by atoms with Gasteiger partial charge in [-0.25, -0.2) is 0 Å². The summed E-state index contributed by atoms with van der Waals surface area (Å²) in [5, 5.41) is 17.5. The van der Waals surface area contributed by atoms with E-state index in [9.17, 15) is 9.90 Å². The molecule has 1 heterocycles. The number of rotatable bonds is 4. The van der Waals surface area contributed by atoms with Crippen LogP contribution in [0, 0.1) is 0 Å². The van der Waals surface area contributed by atoms with E-state index in [0.29, 0.717) is 18.4 Å². The Bertz CT molecular complexity index is 1290. The van der Waals surface area contributed by atoms with Gasteiger partial charge in [0.25, 0.3) is 0 Å². The zero-order chi connectivity index (χ0) is 23.8.